The van der Waals surface area contributed by atoms with Gasteiger partial charge in [-0.25, -0.2) is 0 Å². The molecule has 0 radical (unpaired) electrons. The SMILES string of the molecule is CC(=O)OC[C@H]1OC(C(C)C)[C@H](C)[C@@H](C)[C@H]1C. The van der Waals surface area contributed by atoms with Crippen LogP contribution in [0.15, 0.2) is 0 Å². The molecule has 1 aliphatic rings. The summed E-state index contributed by atoms with van der Waals surface area (Å²) in [5.41, 5.74) is 0. The van der Waals surface area contributed by atoms with Crippen LogP contribution < -0.4 is 0 Å². The molecule has 0 aromatic carbocycles. The summed E-state index contributed by atoms with van der Waals surface area (Å²) >= 11 is 0. The lowest BCUT2D eigenvalue weighted by atomic mass is 9.74. The minimum atomic E-state index is -0.229. The Balaban J connectivity index is 2.67. The second-order valence-corrected chi connectivity index (χ2v) is 5.76. The Kier molecular flexibility index (Phi) is 4.99. The van der Waals surface area contributed by atoms with E-state index in [9.17, 15) is 4.79 Å². The molecule has 17 heavy (non-hydrogen) atoms. The van der Waals surface area contributed by atoms with E-state index in [1.165, 1.54) is 6.92 Å². The summed E-state index contributed by atoms with van der Waals surface area (Å²) in [6.45, 7) is 12.9. The van der Waals surface area contributed by atoms with Gasteiger partial charge in [0.25, 0.3) is 0 Å². The molecule has 0 amide bonds. The molecule has 1 fully saturated rings. The fourth-order valence-electron chi connectivity index (χ4n) is 2.72. The Morgan fingerprint density at radius 1 is 1.18 bits per heavy atom. The van der Waals surface area contributed by atoms with Crippen molar-refractivity contribution in [3.05, 3.63) is 0 Å². The monoisotopic (exact) mass is 242 g/mol. The summed E-state index contributed by atoms with van der Waals surface area (Å²) < 4.78 is 11.2. The quantitative estimate of drug-likeness (QED) is 0.714. The van der Waals surface area contributed by atoms with E-state index in [-0.39, 0.29) is 18.2 Å². The zero-order chi connectivity index (χ0) is 13.2. The highest BCUT2D eigenvalue weighted by molar-refractivity contribution is 5.65. The standard InChI is InChI=1S/C14H26O3/c1-8(2)14-11(5)9(3)10(4)13(17-14)7-16-12(6)15/h8-11,13-14H,7H2,1-6H3/t9-,10+,11+,13+,14?/m0/s1. The number of esters is 1. The number of hydrogen-bond donors (Lipinski definition) is 0. The Bertz CT molecular complexity index is 262. The van der Waals surface area contributed by atoms with Crippen molar-refractivity contribution in [1.29, 1.82) is 0 Å². The van der Waals surface area contributed by atoms with Gasteiger partial charge in [-0.2, -0.15) is 0 Å². The molecule has 0 spiro atoms. The molecule has 3 heteroatoms. The summed E-state index contributed by atoms with van der Waals surface area (Å²) in [5, 5.41) is 0. The van der Waals surface area contributed by atoms with Crippen molar-refractivity contribution in [3.8, 4) is 0 Å². The molecular weight excluding hydrogens is 216 g/mol. The van der Waals surface area contributed by atoms with Crippen molar-refractivity contribution < 1.29 is 14.3 Å². The molecule has 1 heterocycles. The van der Waals surface area contributed by atoms with Crippen LogP contribution in [0.4, 0.5) is 0 Å². The number of carbonyl (C=O) groups excluding carboxylic acids is 1. The van der Waals surface area contributed by atoms with Crippen LogP contribution >= 0.6 is 0 Å². The van der Waals surface area contributed by atoms with Crippen molar-refractivity contribution in [1.82, 2.24) is 0 Å². The minimum absolute atomic E-state index is 0.0394. The normalized spacial score (nSPS) is 38.2. The van der Waals surface area contributed by atoms with E-state index < -0.39 is 0 Å². The first-order valence-electron chi connectivity index (χ1n) is 6.63. The predicted molar refractivity (Wildman–Crippen MR) is 67.6 cm³/mol. The summed E-state index contributed by atoms with van der Waals surface area (Å²) in [6.07, 6.45) is 0.305. The van der Waals surface area contributed by atoms with Crippen LogP contribution in [0, 0.1) is 23.7 Å². The van der Waals surface area contributed by atoms with Crippen molar-refractivity contribution in [2.45, 2.75) is 53.8 Å². The molecule has 1 rings (SSSR count). The Morgan fingerprint density at radius 2 is 1.76 bits per heavy atom. The van der Waals surface area contributed by atoms with Crippen LogP contribution in [0.1, 0.15) is 41.5 Å². The van der Waals surface area contributed by atoms with E-state index in [0.29, 0.717) is 30.3 Å². The predicted octanol–water partition coefficient (Wildman–Crippen LogP) is 2.88. The van der Waals surface area contributed by atoms with Gasteiger partial charge in [-0.3, -0.25) is 4.79 Å². The smallest absolute Gasteiger partial charge is 0.302 e. The molecule has 0 aliphatic carbocycles. The first-order chi connectivity index (χ1) is 7.84. The second kappa shape index (κ2) is 5.85. The lowest BCUT2D eigenvalue weighted by Gasteiger charge is -2.45. The van der Waals surface area contributed by atoms with Gasteiger partial charge in [-0.15, -0.1) is 0 Å². The first kappa shape index (κ1) is 14.5. The molecule has 100 valence electrons. The van der Waals surface area contributed by atoms with Gasteiger partial charge < -0.3 is 9.47 Å². The van der Waals surface area contributed by atoms with Gasteiger partial charge in [0.15, 0.2) is 0 Å². The average Bonchev–Trinajstić information content (AvgIpc) is 2.24. The van der Waals surface area contributed by atoms with Crippen molar-refractivity contribution >= 4 is 5.97 Å². The Labute approximate surface area is 105 Å². The third-order valence-electron chi connectivity index (χ3n) is 4.20. The molecule has 0 bridgehead atoms. The molecule has 1 unspecified atom stereocenters. The van der Waals surface area contributed by atoms with E-state index in [2.05, 4.69) is 34.6 Å². The summed E-state index contributed by atoms with van der Waals surface area (Å²) in [7, 11) is 0. The second-order valence-electron chi connectivity index (χ2n) is 5.76. The van der Waals surface area contributed by atoms with Gasteiger partial charge in [0.05, 0.1) is 12.2 Å². The van der Waals surface area contributed by atoms with Crippen molar-refractivity contribution in [3.63, 3.8) is 0 Å². The highest BCUT2D eigenvalue weighted by Crippen LogP contribution is 2.37. The minimum Gasteiger partial charge on any atom is -0.463 e. The third-order valence-corrected chi connectivity index (χ3v) is 4.20. The van der Waals surface area contributed by atoms with Crippen LogP contribution in [-0.4, -0.2) is 24.8 Å². The summed E-state index contributed by atoms with van der Waals surface area (Å²) in [6, 6.07) is 0. The van der Waals surface area contributed by atoms with Crippen molar-refractivity contribution in [2.75, 3.05) is 6.61 Å². The molecule has 0 aromatic heterocycles. The van der Waals surface area contributed by atoms with E-state index in [1.807, 2.05) is 0 Å². The maximum Gasteiger partial charge on any atom is 0.302 e. The lowest BCUT2D eigenvalue weighted by Crippen LogP contribution is -2.48. The molecule has 3 nitrogen and oxygen atoms in total. The fourth-order valence-corrected chi connectivity index (χ4v) is 2.72. The topological polar surface area (TPSA) is 35.5 Å². The van der Waals surface area contributed by atoms with Gasteiger partial charge >= 0.3 is 5.97 Å². The third kappa shape index (κ3) is 3.44. The molecule has 5 atom stereocenters. The number of hydrogen-bond acceptors (Lipinski definition) is 3. The number of ether oxygens (including phenoxy) is 2. The van der Waals surface area contributed by atoms with Crippen LogP contribution in [0.25, 0.3) is 0 Å². The molecule has 0 N–H and O–H groups in total. The zero-order valence-electron chi connectivity index (χ0n) is 11.9. The maximum absolute atomic E-state index is 10.9. The number of rotatable bonds is 3. The van der Waals surface area contributed by atoms with Crippen molar-refractivity contribution in [2.24, 2.45) is 23.7 Å². The number of carbonyl (C=O) groups is 1. The molecular formula is C14H26O3. The Hall–Kier alpha value is -0.570. The summed E-state index contributed by atoms with van der Waals surface area (Å²) in [5.74, 6) is 1.85. The molecule has 0 aromatic rings. The Morgan fingerprint density at radius 3 is 2.24 bits per heavy atom. The van der Waals surface area contributed by atoms with Crippen LogP contribution in [-0.2, 0) is 14.3 Å². The van der Waals surface area contributed by atoms with Crippen LogP contribution in [0.5, 0.6) is 0 Å². The lowest BCUT2D eigenvalue weighted by molar-refractivity contribution is -0.176. The highest BCUT2D eigenvalue weighted by Gasteiger charge is 2.40. The average molecular weight is 242 g/mol. The molecule has 1 saturated heterocycles. The van der Waals surface area contributed by atoms with E-state index in [0.717, 1.165) is 0 Å². The summed E-state index contributed by atoms with van der Waals surface area (Å²) in [4.78, 5) is 10.9. The van der Waals surface area contributed by atoms with E-state index >= 15 is 0 Å². The van der Waals surface area contributed by atoms with Gasteiger partial charge in [-0.05, 0) is 23.7 Å². The van der Waals surface area contributed by atoms with E-state index in [1.54, 1.807) is 0 Å². The fraction of sp³-hybridized carbons (Fsp3) is 0.929. The van der Waals surface area contributed by atoms with E-state index in [4.69, 9.17) is 9.47 Å². The van der Waals surface area contributed by atoms with Gasteiger partial charge in [0.2, 0.25) is 0 Å². The molecule has 1 aliphatic heterocycles. The van der Waals surface area contributed by atoms with Gasteiger partial charge in [0.1, 0.15) is 6.61 Å². The largest absolute Gasteiger partial charge is 0.463 e. The highest BCUT2D eigenvalue weighted by atomic mass is 16.6. The van der Waals surface area contributed by atoms with Crippen LogP contribution in [0.2, 0.25) is 0 Å². The zero-order valence-corrected chi connectivity index (χ0v) is 11.9. The van der Waals surface area contributed by atoms with Gasteiger partial charge in [0, 0.05) is 6.92 Å². The first-order valence-corrected chi connectivity index (χ1v) is 6.63. The maximum atomic E-state index is 10.9. The molecule has 0 saturated carbocycles. The van der Waals surface area contributed by atoms with Gasteiger partial charge in [-0.1, -0.05) is 34.6 Å². The van der Waals surface area contributed by atoms with Crippen LogP contribution in [0.3, 0.4) is 0 Å².